The van der Waals surface area contributed by atoms with Gasteiger partial charge in [0.1, 0.15) is 0 Å². The molecule has 0 radical (unpaired) electrons. The summed E-state index contributed by atoms with van der Waals surface area (Å²) in [6.07, 6.45) is -3.65. The van der Waals surface area contributed by atoms with Crippen LogP contribution in [-0.4, -0.2) is 18.5 Å². The molecule has 0 fully saturated rings. The van der Waals surface area contributed by atoms with Crippen molar-refractivity contribution in [3.63, 3.8) is 0 Å². The number of carbonyl (C=O) groups is 1. The smallest absolute Gasteiger partial charge is 0.377 e. The Bertz CT molecular complexity index is 1000. The highest BCUT2D eigenvalue weighted by molar-refractivity contribution is 7.25. The van der Waals surface area contributed by atoms with Gasteiger partial charge in [0.25, 0.3) is 6.08 Å². The largest absolute Gasteiger partial charge is 0.462 e. The first-order valence-electron chi connectivity index (χ1n) is 7.84. The van der Waals surface area contributed by atoms with Crippen LogP contribution in [0.2, 0.25) is 0 Å². The van der Waals surface area contributed by atoms with Gasteiger partial charge in [0, 0.05) is 25.7 Å². The van der Waals surface area contributed by atoms with Crippen molar-refractivity contribution >= 4 is 43.1 Å². The lowest BCUT2D eigenvalue weighted by atomic mass is 9.99. The fourth-order valence-corrected chi connectivity index (χ4v) is 3.87. The maximum absolute atomic E-state index is 13.9. The Morgan fingerprint density at radius 2 is 1.77 bits per heavy atom. The van der Waals surface area contributed by atoms with Gasteiger partial charge in [-0.1, -0.05) is 30.3 Å². The first-order valence-corrected chi connectivity index (χ1v) is 8.66. The van der Waals surface area contributed by atoms with E-state index in [-0.39, 0.29) is 12.2 Å². The standard InChI is InChI=1S/C19H14F4O2S/c1-2-25-18(24)19(22,23)10-14(17(20)21)11-7-8-13-12-5-3-4-6-15(12)26-16(13)9-11/h3-9H,2,10H2,1H3. The van der Waals surface area contributed by atoms with E-state index in [1.54, 1.807) is 6.07 Å². The summed E-state index contributed by atoms with van der Waals surface area (Å²) in [5.41, 5.74) is -0.893. The highest BCUT2D eigenvalue weighted by Gasteiger charge is 2.42. The van der Waals surface area contributed by atoms with Crippen LogP contribution >= 0.6 is 11.3 Å². The van der Waals surface area contributed by atoms with E-state index in [4.69, 9.17) is 0 Å². The molecule has 0 atom stereocenters. The summed E-state index contributed by atoms with van der Waals surface area (Å²) in [5.74, 6) is -5.83. The van der Waals surface area contributed by atoms with E-state index in [2.05, 4.69) is 4.74 Å². The number of alkyl halides is 2. The third-order valence-corrected chi connectivity index (χ3v) is 5.06. The van der Waals surface area contributed by atoms with Crippen molar-refractivity contribution in [1.82, 2.24) is 0 Å². The first kappa shape index (κ1) is 18.4. The zero-order valence-corrected chi connectivity index (χ0v) is 14.5. The minimum atomic E-state index is -4.02. The molecular formula is C19H14F4O2S. The molecular weight excluding hydrogens is 368 g/mol. The van der Waals surface area contributed by atoms with Crippen LogP contribution in [-0.2, 0) is 9.53 Å². The van der Waals surface area contributed by atoms with Crippen LogP contribution in [0.25, 0.3) is 25.7 Å². The molecule has 0 saturated heterocycles. The van der Waals surface area contributed by atoms with Gasteiger partial charge in [0.2, 0.25) is 0 Å². The lowest BCUT2D eigenvalue weighted by Gasteiger charge is -2.16. The molecule has 1 aromatic heterocycles. The van der Waals surface area contributed by atoms with Gasteiger partial charge < -0.3 is 4.74 Å². The molecule has 0 aliphatic rings. The fraction of sp³-hybridized carbons (Fsp3) is 0.211. The molecule has 0 saturated carbocycles. The van der Waals surface area contributed by atoms with Crippen molar-refractivity contribution < 1.29 is 27.1 Å². The van der Waals surface area contributed by atoms with Crippen LogP contribution in [0.1, 0.15) is 18.9 Å². The van der Waals surface area contributed by atoms with Crippen LogP contribution in [0.4, 0.5) is 17.6 Å². The van der Waals surface area contributed by atoms with E-state index in [1.165, 1.54) is 30.4 Å². The normalized spacial score (nSPS) is 11.7. The molecule has 3 aromatic rings. The Morgan fingerprint density at radius 1 is 1.08 bits per heavy atom. The predicted octanol–water partition coefficient (Wildman–Crippen LogP) is 6.25. The van der Waals surface area contributed by atoms with Crippen molar-refractivity contribution in [1.29, 1.82) is 0 Å². The Hall–Kier alpha value is -2.41. The molecule has 0 aliphatic carbocycles. The Kier molecular flexibility index (Phi) is 5.00. The number of halogens is 4. The second-order valence-corrected chi connectivity index (χ2v) is 6.73. The molecule has 7 heteroatoms. The summed E-state index contributed by atoms with van der Waals surface area (Å²) in [6.45, 7) is 1.12. The highest BCUT2D eigenvalue weighted by Crippen LogP contribution is 2.38. The number of ether oxygens (including phenoxy) is 1. The number of rotatable bonds is 5. The van der Waals surface area contributed by atoms with E-state index < -0.39 is 30.0 Å². The Labute approximate surface area is 150 Å². The second-order valence-electron chi connectivity index (χ2n) is 5.65. The van der Waals surface area contributed by atoms with Crippen molar-refractivity contribution in [2.75, 3.05) is 6.61 Å². The van der Waals surface area contributed by atoms with Gasteiger partial charge in [-0.3, -0.25) is 0 Å². The summed E-state index contributed by atoms with van der Waals surface area (Å²) < 4.78 is 60.6. The molecule has 3 rings (SSSR count). The Balaban J connectivity index is 2.02. The summed E-state index contributed by atoms with van der Waals surface area (Å²) >= 11 is 1.39. The molecule has 0 aliphatic heterocycles. The van der Waals surface area contributed by atoms with Gasteiger partial charge >= 0.3 is 11.9 Å². The predicted molar refractivity (Wildman–Crippen MR) is 94.7 cm³/mol. The van der Waals surface area contributed by atoms with E-state index >= 15 is 0 Å². The van der Waals surface area contributed by atoms with Gasteiger partial charge in [0.15, 0.2) is 0 Å². The second kappa shape index (κ2) is 7.07. The van der Waals surface area contributed by atoms with Gasteiger partial charge in [-0.05, 0) is 24.6 Å². The number of carbonyl (C=O) groups excluding carboxylic acids is 1. The molecule has 2 aromatic carbocycles. The maximum Gasteiger partial charge on any atom is 0.377 e. The van der Waals surface area contributed by atoms with Crippen molar-refractivity contribution in [3.8, 4) is 0 Å². The first-order chi connectivity index (χ1) is 12.3. The van der Waals surface area contributed by atoms with E-state index in [0.717, 1.165) is 15.5 Å². The molecule has 0 amide bonds. The number of hydrogen-bond acceptors (Lipinski definition) is 3. The summed E-state index contributed by atoms with van der Waals surface area (Å²) in [4.78, 5) is 11.3. The van der Waals surface area contributed by atoms with Crippen LogP contribution in [0.15, 0.2) is 48.5 Å². The van der Waals surface area contributed by atoms with Gasteiger partial charge in [0.05, 0.1) is 13.0 Å². The minimum absolute atomic E-state index is 0.0342. The van der Waals surface area contributed by atoms with Crippen molar-refractivity contribution in [2.24, 2.45) is 0 Å². The van der Waals surface area contributed by atoms with Crippen LogP contribution in [0.3, 0.4) is 0 Å². The fourth-order valence-electron chi connectivity index (χ4n) is 2.72. The van der Waals surface area contributed by atoms with Gasteiger partial charge in [-0.15, -0.1) is 11.3 Å². The number of fused-ring (bicyclic) bond motifs is 3. The highest BCUT2D eigenvalue weighted by atomic mass is 32.1. The zero-order valence-electron chi connectivity index (χ0n) is 13.7. The van der Waals surface area contributed by atoms with Crippen LogP contribution in [0.5, 0.6) is 0 Å². The van der Waals surface area contributed by atoms with E-state index in [1.807, 2.05) is 24.3 Å². The number of esters is 1. The summed E-state index contributed by atoms with van der Waals surface area (Å²) in [7, 11) is 0. The average Bonchev–Trinajstić information content (AvgIpc) is 2.97. The average molecular weight is 382 g/mol. The van der Waals surface area contributed by atoms with Gasteiger partial charge in [-0.2, -0.15) is 17.6 Å². The number of thiophene rings is 1. The molecule has 2 nitrogen and oxygen atoms in total. The molecule has 0 spiro atoms. The van der Waals surface area contributed by atoms with Gasteiger partial charge in [-0.25, -0.2) is 4.79 Å². The summed E-state index contributed by atoms with van der Waals surface area (Å²) in [5, 5.41) is 1.84. The maximum atomic E-state index is 13.9. The molecule has 0 bridgehead atoms. The summed E-state index contributed by atoms with van der Waals surface area (Å²) in [6, 6.07) is 12.0. The third kappa shape index (κ3) is 3.44. The van der Waals surface area contributed by atoms with E-state index in [0.29, 0.717) is 4.70 Å². The molecule has 1 heterocycles. The monoisotopic (exact) mass is 382 g/mol. The van der Waals surface area contributed by atoms with Crippen molar-refractivity contribution in [2.45, 2.75) is 19.3 Å². The lowest BCUT2D eigenvalue weighted by molar-refractivity contribution is -0.170. The van der Waals surface area contributed by atoms with Crippen molar-refractivity contribution in [3.05, 3.63) is 54.1 Å². The number of benzene rings is 2. The Morgan fingerprint density at radius 3 is 2.46 bits per heavy atom. The van der Waals surface area contributed by atoms with Crippen LogP contribution in [0, 0.1) is 0 Å². The number of hydrogen-bond donors (Lipinski definition) is 0. The third-order valence-electron chi connectivity index (χ3n) is 3.93. The molecule has 136 valence electrons. The number of allylic oxidation sites excluding steroid dienone is 1. The minimum Gasteiger partial charge on any atom is -0.462 e. The van der Waals surface area contributed by atoms with Crippen LogP contribution < -0.4 is 0 Å². The topological polar surface area (TPSA) is 26.3 Å². The zero-order chi connectivity index (χ0) is 18.9. The van der Waals surface area contributed by atoms with E-state index in [9.17, 15) is 22.4 Å². The quantitative estimate of drug-likeness (QED) is 0.385. The molecule has 26 heavy (non-hydrogen) atoms. The SMILES string of the molecule is CCOC(=O)C(F)(F)CC(=C(F)F)c1ccc2c(c1)sc1ccccc12. The molecule has 0 N–H and O–H groups in total. The lowest BCUT2D eigenvalue weighted by Crippen LogP contribution is -2.31. The molecule has 0 unspecified atom stereocenters.